The van der Waals surface area contributed by atoms with E-state index in [1.54, 1.807) is 43.3 Å². The number of nitrogens with zero attached hydrogens (tertiary/aromatic N) is 2. The minimum absolute atomic E-state index is 0.0716. The van der Waals surface area contributed by atoms with Crippen LogP contribution >= 0.6 is 0 Å². The van der Waals surface area contributed by atoms with Crippen LogP contribution in [0.1, 0.15) is 5.56 Å². The van der Waals surface area contributed by atoms with Crippen molar-refractivity contribution in [1.82, 2.24) is 10.2 Å². The van der Waals surface area contributed by atoms with Gasteiger partial charge in [0.15, 0.2) is 11.6 Å². The number of nitrogens with one attached hydrogen (secondary N) is 2. The Hall–Kier alpha value is -3.00. The topological polar surface area (TPSA) is 84.0 Å². The minimum atomic E-state index is -3.76. The second-order valence-corrected chi connectivity index (χ2v) is 6.93. The molecule has 128 valence electrons. The average Bonchev–Trinajstić information content (AvgIpc) is 2.58. The normalized spacial score (nSPS) is 11.1. The number of rotatable bonds is 5. The Balaban J connectivity index is 1.77. The van der Waals surface area contributed by atoms with Crippen molar-refractivity contribution in [3.63, 3.8) is 0 Å². The zero-order valence-electron chi connectivity index (χ0n) is 13.3. The minimum Gasteiger partial charge on any atom is -0.336 e. The number of para-hydroxylation sites is 1. The van der Waals surface area contributed by atoms with Crippen LogP contribution in [-0.4, -0.2) is 18.6 Å². The maximum Gasteiger partial charge on any atom is 0.263 e. The van der Waals surface area contributed by atoms with Crippen LogP contribution < -0.4 is 10.0 Å². The van der Waals surface area contributed by atoms with E-state index in [4.69, 9.17) is 0 Å². The van der Waals surface area contributed by atoms with E-state index in [9.17, 15) is 12.8 Å². The number of benzene rings is 2. The SMILES string of the molecule is Cc1ccccc1S(=O)(=O)Nc1ccc(Nc2ccccc2F)nn1. The molecule has 25 heavy (non-hydrogen) atoms. The van der Waals surface area contributed by atoms with Crippen LogP contribution in [0.5, 0.6) is 0 Å². The van der Waals surface area contributed by atoms with Crippen molar-refractivity contribution in [3.05, 3.63) is 72.0 Å². The lowest BCUT2D eigenvalue weighted by Crippen LogP contribution is -2.15. The molecular formula is C17H15FN4O2S. The summed E-state index contributed by atoms with van der Waals surface area (Å²) in [4.78, 5) is 0.172. The third kappa shape index (κ3) is 3.92. The van der Waals surface area contributed by atoms with E-state index in [1.807, 2.05) is 0 Å². The van der Waals surface area contributed by atoms with E-state index in [2.05, 4.69) is 20.2 Å². The molecule has 0 unspecified atom stereocenters. The van der Waals surface area contributed by atoms with Crippen molar-refractivity contribution in [1.29, 1.82) is 0 Å². The van der Waals surface area contributed by atoms with Crippen LogP contribution in [0, 0.1) is 12.7 Å². The van der Waals surface area contributed by atoms with Gasteiger partial charge in [-0.25, -0.2) is 12.8 Å². The Kier molecular flexibility index (Phi) is 4.62. The van der Waals surface area contributed by atoms with Crippen molar-refractivity contribution >= 4 is 27.3 Å². The smallest absolute Gasteiger partial charge is 0.263 e. The van der Waals surface area contributed by atoms with Crippen LogP contribution in [0.25, 0.3) is 0 Å². The number of aryl methyl sites for hydroxylation is 1. The van der Waals surface area contributed by atoms with Crippen LogP contribution in [0.4, 0.5) is 21.7 Å². The molecule has 0 aliphatic heterocycles. The van der Waals surface area contributed by atoms with E-state index in [0.29, 0.717) is 11.4 Å². The van der Waals surface area contributed by atoms with Gasteiger partial charge in [0.05, 0.1) is 10.6 Å². The van der Waals surface area contributed by atoms with Crippen molar-refractivity contribution in [2.75, 3.05) is 10.0 Å². The Bertz CT molecular complexity index is 992. The van der Waals surface area contributed by atoms with Gasteiger partial charge in [-0.1, -0.05) is 30.3 Å². The number of aromatic nitrogens is 2. The van der Waals surface area contributed by atoms with Gasteiger partial charge in [0, 0.05) is 0 Å². The number of hydrogen-bond donors (Lipinski definition) is 2. The van der Waals surface area contributed by atoms with Gasteiger partial charge in [0.1, 0.15) is 5.82 Å². The van der Waals surface area contributed by atoms with Crippen LogP contribution in [-0.2, 0) is 10.0 Å². The van der Waals surface area contributed by atoms with Crippen molar-refractivity contribution in [2.24, 2.45) is 0 Å². The highest BCUT2D eigenvalue weighted by molar-refractivity contribution is 7.92. The van der Waals surface area contributed by atoms with Crippen LogP contribution in [0.3, 0.4) is 0 Å². The van der Waals surface area contributed by atoms with E-state index < -0.39 is 15.8 Å². The first-order chi connectivity index (χ1) is 12.0. The van der Waals surface area contributed by atoms with Crippen molar-refractivity contribution in [3.8, 4) is 0 Å². The first-order valence-electron chi connectivity index (χ1n) is 7.39. The van der Waals surface area contributed by atoms with Gasteiger partial charge in [-0.3, -0.25) is 4.72 Å². The number of halogens is 1. The summed E-state index contributed by atoms with van der Waals surface area (Å²) in [6.07, 6.45) is 0. The monoisotopic (exact) mass is 358 g/mol. The quantitative estimate of drug-likeness (QED) is 0.730. The van der Waals surface area contributed by atoms with Gasteiger partial charge < -0.3 is 5.32 Å². The Morgan fingerprint density at radius 2 is 1.52 bits per heavy atom. The van der Waals surface area contributed by atoms with E-state index >= 15 is 0 Å². The third-order valence-corrected chi connectivity index (χ3v) is 4.94. The molecule has 3 rings (SSSR count). The molecule has 0 spiro atoms. The third-order valence-electron chi connectivity index (χ3n) is 3.42. The molecule has 0 saturated heterocycles. The highest BCUT2D eigenvalue weighted by Gasteiger charge is 2.17. The Labute approximate surface area is 144 Å². The standard InChI is InChI=1S/C17H15FN4O2S/c1-12-6-2-5-9-15(12)25(23,24)22-17-11-10-16(20-21-17)19-14-8-4-3-7-13(14)18/h2-11H,1H3,(H,19,20)(H,21,22). The fraction of sp³-hybridized carbons (Fsp3) is 0.0588. The predicted molar refractivity (Wildman–Crippen MR) is 93.7 cm³/mol. The van der Waals surface area contributed by atoms with Crippen LogP contribution in [0.2, 0.25) is 0 Å². The molecule has 0 fully saturated rings. The number of anilines is 3. The number of sulfonamides is 1. The second-order valence-electron chi connectivity index (χ2n) is 5.28. The molecular weight excluding hydrogens is 343 g/mol. The lowest BCUT2D eigenvalue weighted by atomic mass is 10.2. The zero-order chi connectivity index (χ0) is 17.9. The molecule has 0 amide bonds. The highest BCUT2D eigenvalue weighted by atomic mass is 32.2. The first-order valence-corrected chi connectivity index (χ1v) is 8.88. The summed E-state index contributed by atoms with van der Waals surface area (Å²) in [7, 11) is -3.76. The summed E-state index contributed by atoms with van der Waals surface area (Å²) >= 11 is 0. The highest BCUT2D eigenvalue weighted by Crippen LogP contribution is 2.20. The fourth-order valence-electron chi connectivity index (χ4n) is 2.20. The molecule has 0 atom stereocenters. The van der Waals surface area contributed by atoms with Gasteiger partial charge in [0.2, 0.25) is 0 Å². The molecule has 0 bridgehead atoms. The molecule has 2 N–H and O–H groups in total. The second kappa shape index (κ2) is 6.86. The summed E-state index contributed by atoms with van der Waals surface area (Å²) in [5.74, 6) is -0.0556. The van der Waals surface area contributed by atoms with Crippen LogP contribution in [0.15, 0.2) is 65.6 Å². The van der Waals surface area contributed by atoms with Gasteiger partial charge >= 0.3 is 0 Å². The summed E-state index contributed by atoms with van der Waals surface area (Å²) in [6, 6.07) is 15.7. The van der Waals surface area contributed by atoms with Crippen molar-refractivity contribution < 1.29 is 12.8 Å². The molecule has 1 heterocycles. The maximum atomic E-state index is 13.6. The van der Waals surface area contributed by atoms with Gasteiger partial charge in [-0.2, -0.15) is 0 Å². The van der Waals surface area contributed by atoms with Gasteiger partial charge in [0.25, 0.3) is 10.0 Å². The Morgan fingerprint density at radius 3 is 2.20 bits per heavy atom. The molecule has 6 nitrogen and oxygen atoms in total. The fourth-order valence-corrected chi connectivity index (χ4v) is 3.45. The van der Waals surface area contributed by atoms with Gasteiger partial charge in [-0.05, 0) is 42.8 Å². The van der Waals surface area contributed by atoms with E-state index in [1.165, 1.54) is 24.3 Å². The Morgan fingerprint density at radius 1 is 0.880 bits per heavy atom. The molecule has 8 heteroatoms. The molecule has 0 aliphatic rings. The van der Waals surface area contributed by atoms with Crippen molar-refractivity contribution in [2.45, 2.75) is 11.8 Å². The lowest BCUT2D eigenvalue weighted by Gasteiger charge is -2.10. The molecule has 0 radical (unpaired) electrons. The molecule has 2 aromatic carbocycles. The van der Waals surface area contributed by atoms with E-state index in [0.717, 1.165) is 0 Å². The molecule has 0 aliphatic carbocycles. The first kappa shape index (κ1) is 16.8. The summed E-state index contributed by atoms with van der Waals surface area (Å²) in [5.41, 5.74) is 0.880. The summed E-state index contributed by atoms with van der Waals surface area (Å²) in [5, 5.41) is 10.5. The summed E-state index contributed by atoms with van der Waals surface area (Å²) in [6.45, 7) is 1.71. The molecule has 1 aromatic heterocycles. The predicted octanol–water partition coefficient (Wildman–Crippen LogP) is 3.47. The molecule has 3 aromatic rings. The summed E-state index contributed by atoms with van der Waals surface area (Å²) < 4.78 is 40.8. The maximum absolute atomic E-state index is 13.6. The molecule has 0 saturated carbocycles. The largest absolute Gasteiger partial charge is 0.336 e. The van der Waals surface area contributed by atoms with Gasteiger partial charge in [-0.15, -0.1) is 10.2 Å². The lowest BCUT2D eigenvalue weighted by molar-refractivity contribution is 0.600. The van der Waals surface area contributed by atoms with E-state index in [-0.39, 0.29) is 16.4 Å². The zero-order valence-corrected chi connectivity index (χ0v) is 14.1. The number of hydrogen-bond acceptors (Lipinski definition) is 5. The average molecular weight is 358 g/mol.